The Hall–Kier alpha value is -3.26. The van der Waals surface area contributed by atoms with Crippen molar-refractivity contribution in [1.29, 1.82) is 0 Å². The van der Waals surface area contributed by atoms with Crippen molar-refractivity contribution in [3.05, 3.63) is 65.9 Å². The van der Waals surface area contributed by atoms with Gasteiger partial charge in [-0.25, -0.2) is 9.37 Å². The molecule has 2 unspecified atom stereocenters. The molecule has 1 saturated heterocycles. The van der Waals surface area contributed by atoms with Crippen LogP contribution in [-0.4, -0.2) is 57.9 Å². The van der Waals surface area contributed by atoms with Gasteiger partial charge >= 0.3 is 12.0 Å². The number of ether oxygens (including phenoxy) is 2. The minimum atomic E-state index is -1.72. The topological polar surface area (TPSA) is 84.8 Å². The highest BCUT2D eigenvalue weighted by molar-refractivity contribution is 5.73. The van der Waals surface area contributed by atoms with Crippen molar-refractivity contribution in [2.75, 3.05) is 20.3 Å². The van der Waals surface area contributed by atoms with Crippen molar-refractivity contribution >= 4 is 11.5 Å². The summed E-state index contributed by atoms with van der Waals surface area (Å²) in [6.07, 6.45) is 9.17. The van der Waals surface area contributed by atoms with Crippen molar-refractivity contribution in [2.24, 2.45) is 5.92 Å². The molecule has 34 heavy (non-hydrogen) atoms. The van der Waals surface area contributed by atoms with Crippen LogP contribution in [0.2, 0.25) is 0 Å². The Balaban J connectivity index is 1.45. The highest BCUT2D eigenvalue weighted by Crippen LogP contribution is 2.39. The van der Waals surface area contributed by atoms with Crippen molar-refractivity contribution < 1.29 is 23.8 Å². The van der Waals surface area contributed by atoms with Gasteiger partial charge in [0.2, 0.25) is 5.88 Å². The van der Waals surface area contributed by atoms with Crippen LogP contribution in [0, 0.1) is 5.92 Å². The number of benzene rings is 1. The number of rotatable bonds is 8. The molecule has 3 atom stereocenters. The molecule has 2 aliphatic rings. The van der Waals surface area contributed by atoms with E-state index in [1.54, 1.807) is 12.3 Å². The Morgan fingerprint density at radius 2 is 2.09 bits per heavy atom. The lowest BCUT2D eigenvalue weighted by atomic mass is 9.78. The highest BCUT2D eigenvalue weighted by atomic mass is 19.1. The zero-order valence-corrected chi connectivity index (χ0v) is 19.5. The highest BCUT2D eigenvalue weighted by Gasteiger charge is 2.39. The Kier molecular flexibility index (Phi) is 7.26. The monoisotopic (exact) mass is 467 g/mol. The van der Waals surface area contributed by atoms with Gasteiger partial charge in [0.05, 0.1) is 7.11 Å². The van der Waals surface area contributed by atoms with Crippen LogP contribution in [0.1, 0.15) is 37.3 Å². The predicted octanol–water partition coefficient (Wildman–Crippen LogP) is 4.30. The number of hydrogen-bond acceptors (Lipinski definition) is 6. The lowest BCUT2D eigenvalue weighted by molar-refractivity contribution is -0.144. The van der Waals surface area contributed by atoms with Gasteiger partial charge in [-0.2, -0.15) is 4.98 Å². The maximum absolute atomic E-state index is 15.9. The Bertz CT molecular complexity index is 1070. The summed E-state index contributed by atoms with van der Waals surface area (Å²) in [5.41, 5.74) is 0.814. The molecule has 0 spiro atoms. The second kappa shape index (κ2) is 10.3. The molecule has 1 aliphatic carbocycles. The number of allylic oxidation sites excluding steroid dienone is 3. The fourth-order valence-electron chi connectivity index (χ4n) is 4.59. The summed E-state index contributed by atoms with van der Waals surface area (Å²) in [6.45, 7) is 2.64. The minimum Gasteiger partial charge on any atom is -0.481 e. The van der Waals surface area contributed by atoms with Crippen molar-refractivity contribution in [1.82, 2.24) is 14.9 Å². The number of aromatic nitrogens is 2. The van der Waals surface area contributed by atoms with Crippen LogP contribution in [0.15, 0.2) is 54.8 Å². The third-order valence-electron chi connectivity index (χ3n) is 6.63. The van der Waals surface area contributed by atoms with E-state index >= 15 is 4.39 Å². The molecule has 1 aromatic carbocycles. The number of carboxylic acid groups (broad SMARTS) is 1. The first-order chi connectivity index (χ1) is 16.4. The Morgan fingerprint density at radius 1 is 1.29 bits per heavy atom. The first kappa shape index (κ1) is 23.9. The maximum Gasteiger partial charge on any atom is 0.320 e. The summed E-state index contributed by atoms with van der Waals surface area (Å²) in [5.74, 6) is -0.954. The third kappa shape index (κ3) is 5.12. The molecule has 4 rings (SSSR count). The molecule has 8 heteroatoms. The first-order valence-corrected chi connectivity index (χ1v) is 11.5. The Morgan fingerprint density at radius 3 is 2.82 bits per heavy atom. The van der Waals surface area contributed by atoms with Crippen LogP contribution in [0.5, 0.6) is 11.9 Å². The molecule has 180 valence electrons. The normalized spacial score (nSPS) is 25.0. The Labute approximate surface area is 198 Å². The van der Waals surface area contributed by atoms with E-state index in [0.717, 1.165) is 24.0 Å². The quantitative estimate of drug-likeness (QED) is 0.620. The lowest BCUT2D eigenvalue weighted by Crippen LogP contribution is -2.44. The van der Waals surface area contributed by atoms with Crippen molar-refractivity contribution in [2.45, 2.75) is 44.4 Å². The van der Waals surface area contributed by atoms with Gasteiger partial charge in [0.25, 0.3) is 0 Å². The molecule has 7 nitrogen and oxygen atoms in total. The number of likely N-dealkylation sites (tertiary alicyclic amines) is 1. The molecular weight excluding hydrogens is 437 g/mol. The number of piperidine rings is 1. The van der Waals surface area contributed by atoms with Crippen molar-refractivity contribution in [3.8, 4) is 11.9 Å². The van der Waals surface area contributed by atoms with Gasteiger partial charge in [0.15, 0.2) is 5.67 Å². The number of alkyl halides is 1. The second-order valence-corrected chi connectivity index (χ2v) is 8.79. The average molecular weight is 468 g/mol. The number of nitrogens with zero attached hydrogens (tertiary/aromatic N) is 3. The SMILES string of the molecule is COc1nc(OCC2(F)C=CC=C(c3ccccc3)C2C)ncc1CN1CCCC[C@H]1C(=O)O. The van der Waals surface area contributed by atoms with Gasteiger partial charge in [-0.1, -0.05) is 55.8 Å². The molecule has 1 aliphatic heterocycles. The minimum absolute atomic E-state index is 0.0162. The molecule has 0 amide bonds. The van der Waals surface area contributed by atoms with Crippen LogP contribution in [0.4, 0.5) is 4.39 Å². The van der Waals surface area contributed by atoms with Gasteiger partial charge in [-0.15, -0.1) is 0 Å². The summed E-state index contributed by atoms with van der Waals surface area (Å²) < 4.78 is 27.0. The summed E-state index contributed by atoms with van der Waals surface area (Å²) in [6, 6.07) is 9.21. The van der Waals surface area contributed by atoms with Crippen LogP contribution in [0.3, 0.4) is 0 Å². The maximum atomic E-state index is 15.9. The average Bonchev–Trinajstić information content (AvgIpc) is 2.86. The van der Waals surface area contributed by atoms with Crippen molar-refractivity contribution in [3.63, 3.8) is 0 Å². The van der Waals surface area contributed by atoms with Crippen LogP contribution in [-0.2, 0) is 11.3 Å². The number of aliphatic carboxylic acids is 1. The summed E-state index contributed by atoms with van der Waals surface area (Å²) in [4.78, 5) is 22.1. The summed E-state index contributed by atoms with van der Waals surface area (Å²) >= 11 is 0. The zero-order valence-electron chi connectivity index (χ0n) is 19.5. The fraction of sp³-hybridized carbons (Fsp3) is 0.423. The van der Waals surface area contributed by atoms with Crippen LogP contribution in [0.25, 0.3) is 5.57 Å². The number of halogens is 1. The first-order valence-electron chi connectivity index (χ1n) is 11.5. The second-order valence-electron chi connectivity index (χ2n) is 8.79. The van der Waals surface area contributed by atoms with Crippen LogP contribution < -0.4 is 9.47 Å². The van der Waals surface area contributed by atoms with E-state index in [4.69, 9.17) is 9.47 Å². The molecule has 1 N–H and O–H groups in total. The number of methoxy groups -OCH3 is 1. The van der Waals surface area contributed by atoms with Gasteiger partial charge < -0.3 is 14.6 Å². The number of carbonyl (C=O) groups is 1. The van der Waals surface area contributed by atoms with Gasteiger partial charge in [-0.3, -0.25) is 9.69 Å². The predicted molar refractivity (Wildman–Crippen MR) is 126 cm³/mol. The molecule has 1 aromatic heterocycles. The van der Waals surface area contributed by atoms with Gasteiger partial charge in [0.1, 0.15) is 12.6 Å². The number of carboxylic acids is 1. The third-order valence-corrected chi connectivity index (χ3v) is 6.63. The molecule has 2 aromatic rings. The van der Waals surface area contributed by atoms with Gasteiger partial charge in [-0.05, 0) is 36.6 Å². The molecule has 2 heterocycles. The largest absolute Gasteiger partial charge is 0.481 e. The van der Waals surface area contributed by atoms with Crippen LogP contribution >= 0.6 is 0 Å². The van der Waals surface area contributed by atoms with E-state index < -0.39 is 23.6 Å². The molecule has 0 bridgehead atoms. The van der Waals surface area contributed by atoms with E-state index in [2.05, 4.69) is 9.97 Å². The summed E-state index contributed by atoms with van der Waals surface area (Å²) in [5, 5.41) is 9.52. The van der Waals surface area contributed by atoms with E-state index in [-0.39, 0.29) is 12.6 Å². The molecule has 0 saturated carbocycles. The molecular formula is C26H30FN3O4. The zero-order chi connectivity index (χ0) is 24.1. The van der Waals surface area contributed by atoms with E-state index in [1.165, 1.54) is 13.2 Å². The number of hydrogen-bond donors (Lipinski definition) is 1. The summed E-state index contributed by atoms with van der Waals surface area (Å²) in [7, 11) is 1.49. The van der Waals surface area contributed by atoms with E-state index in [9.17, 15) is 9.90 Å². The smallest absolute Gasteiger partial charge is 0.320 e. The molecule has 1 fully saturated rings. The standard InChI is InChI=1S/C26H30FN3O4/c1-18-21(19-9-4-3-5-10-19)11-8-13-26(18,27)17-34-25-28-15-20(23(29-25)33-2)16-30-14-7-6-12-22(30)24(31)32/h3-5,8-11,13,15,18,22H,6-7,12,14,16-17H2,1-2H3,(H,31,32)/t18?,22-,26?/m0/s1. The van der Waals surface area contributed by atoms with Gasteiger partial charge in [0, 0.05) is 24.2 Å². The lowest BCUT2D eigenvalue weighted by Gasteiger charge is -2.33. The fourth-order valence-corrected chi connectivity index (χ4v) is 4.59. The molecule has 0 radical (unpaired) electrons. The van der Waals surface area contributed by atoms with E-state index in [0.29, 0.717) is 31.0 Å². The van der Waals surface area contributed by atoms with E-state index in [1.807, 2.05) is 48.2 Å².